The van der Waals surface area contributed by atoms with E-state index in [9.17, 15) is 22.8 Å². The summed E-state index contributed by atoms with van der Waals surface area (Å²) in [4.78, 5) is 41.7. The number of fused-ring (bicyclic) bond motifs is 1. The summed E-state index contributed by atoms with van der Waals surface area (Å²) in [6, 6.07) is 19.3. The molecule has 4 rings (SSSR count). The van der Waals surface area contributed by atoms with Crippen LogP contribution in [0.1, 0.15) is 41.8 Å². The van der Waals surface area contributed by atoms with Crippen molar-refractivity contribution < 1.29 is 22.8 Å². The highest BCUT2D eigenvalue weighted by atomic mass is 35.5. The molecular formula is C30H31Cl2N3O5S. The standard InChI is InChI=1S/C30H31Cl2N3O5S/c1-20(2)18-33-29(37)26(17-21-8-4-3-5-9-21)34(19-22-12-13-24(31)25(32)16-22)28(36)14-15-35-30(38)23-10-6-7-11-27(23)41(35,39)40/h3-13,16,20,26H,14-15,17-19H2,1-2H3,(H,33,37)/t26-/m0/s1. The first kappa shape index (κ1) is 30.6. The van der Waals surface area contributed by atoms with E-state index in [2.05, 4.69) is 5.32 Å². The average molecular weight is 617 g/mol. The van der Waals surface area contributed by atoms with Crippen molar-refractivity contribution in [1.82, 2.24) is 14.5 Å². The lowest BCUT2D eigenvalue weighted by Gasteiger charge is -2.32. The Morgan fingerprint density at radius 2 is 1.61 bits per heavy atom. The highest BCUT2D eigenvalue weighted by Gasteiger charge is 2.41. The van der Waals surface area contributed by atoms with Crippen molar-refractivity contribution in [2.24, 2.45) is 5.92 Å². The predicted octanol–water partition coefficient (Wildman–Crippen LogP) is 4.94. The van der Waals surface area contributed by atoms with Crippen LogP contribution in [0.2, 0.25) is 10.0 Å². The molecule has 0 bridgehead atoms. The third-order valence-corrected chi connectivity index (χ3v) is 9.31. The van der Waals surface area contributed by atoms with E-state index >= 15 is 0 Å². The highest BCUT2D eigenvalue weighted by Crippen LogP contribution is 2.30. The van der Waals surface area contributed by atoms with E-state index in [1.165, 1.54) is 17.0 Å². The Kier molecular flexibility index (Phi) is 9.73. The van der Waals surface area contributed by atoms with E-state index in [1.54, 1.807) is 30.3 Å². The topological polar surface area (TPSA) is 104 Å². The number of halogens is 2. The summed E-state index contributed by atoms with van der Waals surface area (Å²) in [7, 11) is -4.09. The fourth-order valence-electron chi connectivity index (χ4n) is 4.60. The largest absolute Gasteiger partial charge is 0.354 e. The molecule has 0 saturated carbocycles. The van der Waals surface area contributed by atoms with E-state index in [0.717, 1.165) is 9.87 Å². The lowest BCUT2D eigenvalue weighted by Crippen LogP contribution is -2.51. The van der Waals surface area contributed by atoms with Crippen LogP contribution >= 0.6 is 23.2 Å². The predicted molar refractivity (Wildman–Crippen MR) is 158 cm³/mol. The lowest BCUT2D eigenvalue weighted by molar-refractivity contribution is -0.141. The van der Waals surface area contributed by atoms with E-state index < -0.39 is 27.9 Å². The first-order valence-electron chi connectivity index (χ1n) is 13.2. The van der Waals surface area contributed by atoms with Gasteiger partial charge in [-0.1, -0.05) is 85.6 Å². The minimum atomic E-state index is -4.09. The third kappa shape index (κ3) is 7.09. The van der Waals surface area contributed by atoms with Gasteiger partial charge in [0.05, 0.1) is 15.6 Å². The molecule has 1 atom stereocenters. The number of carbonyl (C=O) groups excluding carboxylic acids is 3. The number of rotatable bonds is 11. The average Bonchev–Trinajstić information content (AvgIpc) is 3.14. The van der Waals surface area contributed by atoms with E-state index in [4.69, 9.17) is 23.2 Å². The normalized spacial score (nSPS) is 14.6. The molecule has 3 aromatic rings. The second kappa shape index (κ2) is 13.1. The maximum atomic E-state index is 13.9. The molecule has 3 aromatic carbocycles. The monoisotopic (exact) mass is 615 g/mol. The molecule has 8 nitrogen and oxygen atoms in total. The molecule has 216 valence electrons. The molecule has 0 saturated heterocycles. The Labute approximate surface area is 250 Å². The number of hydrogen-bond donors (Lipinski definition) is 1. The van der Waals surface area contributed by atoms with Crippen LogP contribution in [0.25, 0.3) is 0 Å². The van der Waals surface area contributed by atoms with Crippen molar-refractivity contribution in [3.63, 3.8) is 0 Å². The Morgan fingerprint density at radius 1 is 0.927 bits per heavy atom. The van der Waals surface area contributed by atoms with Crippen LogP contribution in [0.3, 0.4) is 0 Å². The van der Waals surface area contributed by atoms with Crippen molar-refractivity contribution in [2.75, 3.05) is 13.1 Å². The van der Waals surface area contributed by atoms with Crippen LogP contribution in [0.5, 0.6) is 0 Å². The van der Waals surface area contributed by atoms with Gasteiger partial charge in [0.15, 0.2) is 0 Å². The molecule has 0 spiro atoms. The number of benzene rings is 3. The molecule has 11 heteroatoms. The Morgan fingerprint density at radius 3 is 2.27 bits per heavy atom. The number of nitrogens with one attached hydrogen (secondary N) is 1. The van der Waals surface area contributed by atoms with E-state index in [0.29, 0.717) is 22.2 Å². The van der Waals surface area contributed by atoms with Gasteiger partial charge in [0, 0.05) is 32.5 Å². The van der Waals surface area contributed by atoms with Crippen LogP contribution in [0.15, 0.2) is 77.7 Å². The first-order valence-corrected chi connectivity index (χ1v) is 15.4. The summed E-state index contributed by atoms with van der Waals surface area (Å²) in [5.41, 5.74) is 1.55. The van der Waals surface area contributed by atoms with Crippen molar-refractivity contribution in [3.8, 4) is 0 Å². The number of hydrogen-bond acceptors (Lipinski definition) is 5. The van der Waals surface area contributed by atoms with Crippen molar-refractivity contribution in [3.05, 3.63) is 99.5 Å². The summed E-state index contributed by atoms with van der Waals surface area (Å²) in [6.45, 7) is 4.01. The van der Waals surface area contributed by atoms with E-state index in [1.807, 2.05) is 44.2 Å². The third-order valence-electron chi connectivity index (χ3n) is 6.73. The van der Waals surface area contributed by atoms with Gasteiger partial charge >= 0.3 is 0 Å². The molecule has 0 radical (unpaired) electrons. The second-order valence-corrected chi connectivity index (χ2v) is 12.9. The zero-order chi connectivity index (χ0) is 29.7. The molecule has 0 aliphatic carbocycles. The molecule has 1 aliphatic rings. The molecule has 0 fully saturated rings. The van der Waals surface area contributed by atoms with Crippen LogP contribution in [-0.4, -0.2) is 54.5 Å². The van der Waals surface area contributed by atoms with Gasteiger partial charge in [-0.3, -0.25) is 14.4 Å². The number of nitrogens with zero attached hydrogens (tertiary/aromatic N) is 2. The molecule has 41 heavy (non-hydrogen) atoms. The minimum absolute atomic E-state index is 0.0171. The smallest absolute Gasteiger partial charge is 0.269 e. The van der Waals surface area contributed by atoms with Crippen molar-refractivity contribution in [1.29, 1.82) is 0 Å². The zero-order valence-corrected chi connectivity index (χ0v) is 25.0. The fourth-order valence-corrected chi connectivity index (χ4v) is 6.49. The Hall–Kier alpha value is -3.40. The van der Waals surface area contributed by atoms with E-state index in [-0.39, 0.29) is 48.2 Å². The molecule has 1 heterocycles. The molecule has 1 aliphatic heterocycles. The molecule has 3 amide bonds. The quantitative estimate of drug-likeness (QED) is 0.329. The lowest BCUT2D eigenvalue weighted by atomic mass is 10.0. The van der Waals surface area contributed by atoms with Crippen LogP contribution in [0, 0.1) is 5.92 Å². The van der Waals surface area contributed by atoms with Crippen LogP contribution in [-0.2, 0) is 32.6 Å². The maximum Gasteiger partial charge on any atom is 0.269 e. The summed E-state index contributed by atoms with van der Waals surface area (Å²) < 4.78 is 26.8. The van der Waals surface area contributed by atoms with Crippen LogP contribution < -0.4 is 5.32 Å². The second-order valence-electron chi connectivity index (χ2n) is 10.2. The summed E-state index contributed by atoms with van der Waals surface area (Å²) in [6.07, 6.45) is -0.0900. The Balaban J connectivity index is 1.65. The first-order chi connectivity index (χ1) is 19.5. The minimum Gasteiger partial charge on any atom is -0.354 e. The van der Waals surface area contributed by atoms with Gasteiger partial charge in [0.2, 0.25) is 11.8 Å². The van der Waals surface area contributed by atoms with Gasteiger partial charge in [0.1, 0.15) is 10.9 Å². The highest BCUT2D eigenvalue weighted by molar-refractivity contribution is 7.90. The van der Waals surface area contributed by atoms with Crippen molar-refractivity contribution in [2.45, 2.75) is 44.2 Å². The van der Waals surface area contributed by atoms with Gasteiger partial charge in [-0.2, -0.15) is 0 Å². The maximum absolute atomic E-state index is 13.9. The molecule has 0 unspecified atom stereocenters. The van der Waals surface area contributed by atoms with Crippen LogP contribution in [0.4, 0.5) is 0 Å². The number of carbonyl (C=O) groups is 3. The van der Waals surface area contributed by atoms with Gasteiger partial charge in [0.25, 0.3) is 15.9 Å². The molecule has 1 N–H and O–H groups in total. The molecule has 0 aromatic heterocycles. The summed E-state index contributed by atoms with van der Waals surface area (Å²) >= 11 is 12.3. The van der Waals surface area contributed by atoms with Gasteiger partial charge in [-0.05, 0) is 41.3 Å². The summed E-state index contributed by atoms with van der Waals surface area (Å²) in [5, 5.41) is 3.58. The van der Waals surface area contributed by atoms with Gasteiger partial charge in [-0.25, -0.2) is 12.7 Å². The van der Waals surface area contributed by atoms with Crippen molar-refractivity contribution >= 4 is 50.9 Å². The van der Waals surface area contributed by atoms with Gasteiger partial charge in [-0.15, -0.1) is 0 Å². The van der Waals surface area contributed by atoms with Gasteiger partial charge < -0.3 is 10.2 Å². The summed E-state index contributed by atoms with van der Waals surface area (Å²) in [5.74, 6) is -1.33. The zero-order valence-electron chi connectivity index (χ0n) is 22.7. The Bertz CT molecular complexity index is 1550. The molecular weight excluding hydrogens is 585 g/mol. The SMILES string of the molecule is CC(C)CNC(=O)[C@H](Cc1ccccc1)N(Cc1ccc(Cl)c(Cl)c1)C(=O)CCN1C(=O)c2ccccc2S1(=O)=O. The number of amides is 3. The fraction of sp³-hybridized carbons (Fsp3) is 0.300. The number of sulfonamides is 1.